The van der Waals surface area contributed by atoms with Crippen molar-refractivity contribution in [2.24, 2.45) is 10.4 Å². The fourth-order valence-corrected chi connectivity index (χ4v) is 3.57. The summed E-state index contributed by atoms with van der Waals surface area (Å²) >= 11 is 2.04. The molecule has 0 aromatic rings. The number of hydrogen-bond acceptors (Lipinski definition) is 3. The molecule has 0 aliphatic carbocycles. The van der Waals surface area contributed by atoms with Crippen molar-refractivity contribution >= 4 is 17.7 Å². The van der Waals surface area contributed by atoms with Crippen molar-refractivity contribution in [2.75, 3.05) is 39.5 Å². The van der Waals surface area contributed by atoms with Crippen molar-refractivity contribution in [1.29, 1.82) is 0 Å². The highest BCUT2D eigenvalue weighted by Gasteiger charge is 2.30. The first-order chi connectivity index (χ1) is 9.19. The zero-order chi connectivity index (χ0) is 15.4. The monoisotopic (exact) mass is 301 g/mol. The third-order valence-corrected chi connectivity index (χ3v) is 4.93. The zero-order valence-electron chi connectivity index (χ0n) is 14.1. The molecule has 20 heavy (non-hydrogen) atoms. The first-order valence-corrected chi connectivity index (χ1v) is 8.30. The van der Waals surface area contributed by atoms with Crippen molar-refractivity contribution in [3.8, 4) is 0 Å². The van der Waals surface area contributed by atoms with Gasteiger partial charge in [-0.2, -0.15) is 11.8 Å². The van der Waals surface area contributed by atoms with Crippen LogP contribution in [0, 0.1) is 5.41 Å². The van der Waals surface area contributed by atoms with Crippen LogP contribution in [0.25, 0.3) is 0 Å². The molecular formula is C15H31N3OS. The highest BCUT2D eigenvalue weighted by Crippen LogP contribution is 2.29. The molecule has 0 spiro atoms. The van der Waals surface area contributed by atoms with Gasteiger partial charge < -0.3 is 15.0 Å². The normalized spacial score (nSPS) is 21.8. The van der Waals surface area contributed by atoms with Crippen LogP contribution in [-0.2, 0) is 4.74 Å². The highest BCUT2D eigenvalue weighted by molar-refractivity contribution is 8.00. The summed E-state index contributed by atoms with van der Waals surface area (Å²) in [4.78, 5) is 6.79. The summed E-state index contributed by atoms with van der Waals surface area (Å²) in [5, 5.41) is 3.48. The molecule has 0 saturated carbocycles. The number of aliphatic imine (C=N–C) groups is 1. The number of guanidine groups is 1. The molecule has 1 aliphatic rings. The van der Waals surface area contributed by atoms with Gasteiger partial charge in [0.15, 0.2) is 5.96 Å². The summed E-state index contributed by atoms with van der Waals surface area (Å²) in [7, 11) is 3.64. The molecular weight excluding hydrogens is 270 g/mol. The minimum atomic E-state index is 0.123. The third kappa shape index (κ3) is 5.17. The van der Waals surface area contributed by atoms with Gasteiger partial charge in [0.1, 0.15) is 0 Å². The molecule has 1 atom stereocenters. The summed E-state index contributed by atoms with van der Waals surface area (Å²) in [6, 6.07) is 0. The Hall–Kier alpha value is -0.420. The largest absolute Gasteiger partial charge is 0.379 e. The molecule has 5 heteroatoms. The Balaban J connectivity index is 2.60. The van der Waals surface area contributed by atoms with Gasteiger partial charge in [-0.15, -0.1) is 0 Å². The Kier molecular flexibility index (Phi) is 6.20. The van der Waals surface area contributed by atoms with Gasteiger partial charge in [-0.3, -0.25) is 4.99 Å². The zero-order valence-corrected chi connectivity index (χ0v) is 14.9. The maximum atomic E-state index is 5.60. The predicted molar refractivity (Wildman–Crippen MR) is 89.7 cm³/mol. The van der Waals surface area contributed by atoms with Gasteiger partial charge in [0, 0.05) is 44.3 Å². The van der Waals surface area contributed by atoms with Crippen molar-refractivity contribution in [3.05, 3.63) is 0 Å². The molecule has 0 radical (unpaired) electrons. The number of ether oxygens (including phenoxy) is 1. The molecule has 0 aromatic carbocycles. The van der Waals surface area contributed by atoms with E-state index in [-0.39, 0.29) is 11.5 Å². The van der Waals surface area contributed by atoms with E-state index in [4.69, 9.17) is 4.74 Å². The van der Waals surface area contributed by atoms with Gasteiger partial charge >= 0.3 is 0 Å². The molecule has 1 rings (SSSR count). The van der Waals surface area contributed by atoms with Gasteiger partial charge in [0.25, 0.3) is 0 Å². The van der Waals surface area contributed by atoms with Crippen molar-refractivity contribution in [2.45, 2.75) is 45.5 Å². The predicted octanol–water partition coefficient (Wildman–Crippen LogP) is 2.45. The quantitative estimate of drug-likeness (QED) is 0.642. The minimum absolute atomic E-state index is 0.123. The van der Waals surface area contributed by atoms with Gasteiger partial charge in [-0.25, -0.2) is 0 Å². The van der Waals surface area contributed by atoms with Crippen LogP contribution in [0.15, 0.2) is 4.99 Å². The lowest BCUT2D eigenvalue weighted by Crippen LogP contribution is -2.53. The third-order valence-electron chi connectivity index (χ3n) is 3.63. The lowest BCUT2D eigenvalue weighted by molar-refractivity contribution is 0.0201. The summed E-state index contributed by atoms with van der Waals surface area (Å²) in [6.07, 6.45) is 0.173. The Bertz CT molecular complexity index is 337. The Morgan fingerprint density at radius 3 is 2.55 bits per heavy atom. The van der Waals surface area contributed by atoms with Crippen molar-refractivity contribution in [3.63, 3.8) is 0 Å². The molecule has 118 valence electrons. The Morgan fingerprint density at radius 1 is 1.45 bits per heavy atom. The second-order valence-electron chi connectivity index (χ2n) is 7.05. The highest BCUT2D eigenvalue weighted by atomic mass is 32.2. The van der Waals surface area contributed by atoms with Crippen LogP contribution >= 0.6 is 11.8 Å². The summed E-state index contributed by atoms with van der Waals surface area (Å²) in [5.41, 5.74) is 0.123. The average molecular weight is 302 g/mol. The number of methoxy groups -OCH3 is 1. The van der Waals surface area contributed by atoms with E-state index in [1.54, 1.807) is 7.11 Å². The topological polar surface area (TPSA) is 36.9 Å². The van der Waals surface area contributed by atoms with Crippen LogP contribution in [0.4, 0.5) is 0 Å². The average Bonchev–Trinajstić information content (AvgIpc) is 2.31. The van der Waals surface area contributed by atoms with Crippen molar-refractivity contribution < 1.29 is 4.74 Å². The summed E-state index contributed by atoms with van der Waals surface area (Å²) < 4.78 is 5.89. The maximum absolute atomic E-state index is 5.60. The van der Waals surface area contributed by atoms with E-state index in [2.05, 4.69) is 49.8 Å². The number of thioether (sulfide) groups is 1. The Labute approximate surface area is 128 Å². The van der Waals surface area contributed by atoms with E-state index in [1.165, 1.54) is 0 Å². The molecule has 1 saturated heterocycles. The van der Waals surface area contributed by atoms with Gasteiger partial charge in [-0.05, 0) is 19.3 Å². The summed E-state index contributed by atoms with van der Waals surface area (Å²) in [6.45, 7) is 14.1. The number of nitrogens with zero attached hydrogens (tertiary/aromatic N) is 2. The molecule has 1 unspecified atom stereocenters. The van der Waals surface area contributed by atoms with E-state index >= 15 is 0 Å². The molecule has 0 aromatic heterocycles. The summed E-state index contributed by atoms with van der Waals surface area (Å²) in [5.74, 6) is 2.14. The molecule has 1 fully saturated rings. The van der Waals surface area contributed by atoms with Gasteiger partial charge in [0.05, 0.1) is 6.10 Å². The first kappa shape index (κ1) is 17.6. The fourth-order valence-electron chi connectivity index (χ4n) is 2.46. The van der Waals surface area contributed by atoms with Crippen molar-refractivity contribution in [1.82, 2.24) is 10.2 Å². The van der Waals surface area contributed by atoms with Crippen LogP contribution in [0.2, 0.25) is 0 Å². The first-order valence-electron chi connectivity index (χ1n) is 7.32. The van der Waals surface area contributed by atoms with E-state index in [0.29, 0.717) is 4.75 Å². The van der Waals surface area contributed by atoms with E-state index in [1.807, 2.05) is 18.8 Å². The standard InChI is InChI=1S/C15H31N3OS/c1-14(2,3)12(19-7)10-17-13(16-6)18-8-9-20-15(4,5)11-18/h12H,8-11H2,1-7H3,(H,16,17). The van der Waals surface area contributed by atoms with Crippen LogP contribution in [0.3, 0.4) is 0 Å². The number of rotatable bonds is 3. The second-order valence-corrected chi connectivity index (χ2v) is 8.85. The molecule has 1 N–H and O–H groups in total. The lowest BCUT2D eigenvalue weighted by atomic mass is 9.89. The van der Waals surface area contributed by atoms with Crippen LogP contribution in [0.5, 0.6) is 0 Å². The smallest absolute Gasteiger partial charge is 0.193 e. The molecule has 4 nitrogen and oxygen atoms in total. The molecule has 0 bridgehead atoms. The minimum Gasteiger partial charge on any atom is -0.379 e. The number of hydrogen-bond donors (Lipinski definition) is 1. The van der Waals surface area contributed by atoms with E-state index < -0.39 is 0 Å². The van der Waals surface area contributed by atoms with E-state index in [9.17, 15) is 0 Å². The molecule has 1 aliphatic heterocycles. The SMILES string of the molecule is CN=C(NCC(OC)C(C)(C)C)N1CCSC(C)(C)C1. The maximum Gasteiger partial charge on any atom is 0.193 e. The number of nitrogens with one attached hydrogen (secondary N) is 1. The van der Waals surface area contributed by atoms with Gasteiger partial charge in [-0.1, -0.05) is 20.8 Å². The van der Waals surface area contributed by atoms with Crippen LogP contribution in [-0.4, -0.2) is 61.3 Å². The van der Waals surface area contributed by atoms with Crippen LogP contribution in [0.1, 0.15) is 34.6 Å². The van der Waals surface area contributed by atoms with E-state index in [0.717, 1.165) is 31.3 Å². The molecule has 0 amide bonds. The second kappa shape index (κ2) is 7.03. The lowest BCUT2D eigenvalue weighted by Gasteiger charge is -2.40. The Morgan fingerprint density at radius 2 is 2.10 bits per heavy atom. The fraction of sp³-hybridized carbons (Fsp3) is 0.933. The molecule has 1 heterocycles. The van der Waals surface area contributed by atoms with Crippen LogP contribution < -0.4 is 5.32 Å². The van der Waals surface area contributed by atoms with Gasteiger partial charge in [0.2, 0.25) is 0 Å².